The van der Waals surface area contributed by atoms with Crippen molar-refractivity contribution in [1.82, 2.24) is 15.1 Å². The first-order valence-corrected chi connectivity index (χ1v) is 14.0. The summed E-state index contributed by atoms with van der Waals surface area (Å²) in [4.78, 5) is 67.3. The van der Waals surface area contributed by atoms with Gasteiger partial charge in [-0.1, -0.05) is 54.6 Å². The molecule has 2 aromatic rings. The number of benzene rings is 2. The Morgan fingerprint density at radius 2 is 1.60 bits per heavy atom. The van der Waals surface area contributed by atoms with Crippen molar-refractivity contribution in [3.8, 4) is 0 Å². The molecule has 0 bridgehead atoms. The molecule has 4 amide bonds. The number of aliphatic carboxylic acids is 1. The molecule has 1 fully saturated rings. The molecule has 4 rings (SSSR count). The monoisotopic (exact) mass is 578 g/mol. The van der Waals surface area contributed by atoms with E-state index in [2.05, 4.69) is 5.32 Å². The smallest absolute Gasteiger partial charge is 0.411 e. The maximum Gasteiger partial charge on any atom is 0.411 e. The number of carbonyl (C=O) groups is 5. The number of nitrogens with two attached hydrogens (primary N) is 1. The molecule has 0 saturated carbocycles. The topological polar surface area (TPSA) is 159 Å². The van der Waals surface area contributed by atoms with Crippen molar-refractivity contribution in [2.45, 2.75) is 76.1 Å². The summed E-state index contributed by atoms with van der Waals surface area (Å²) in [5, 5.41) is 12.1. The van der Waals surface area contributed by atoms with E-state index in [9.17, 15) is 29.1 Å². The Morgan fingerprint density at radius 3 is 2.17 bits per heavy atom. The molecule has 11 heteroatoms. The highest BCUT2D eigenvalue weighted by Gasteiger charge is 2.47. The van der Waals surface area contributed by atoms with Crippen LogP contribution in [0.4, 0.5) is 4.79 Å². The van der Waals surface area contributed by atoms with Gasteiger partial charge in [0.05, 0.1) is 18.4 Å². The molecule has 2 heterocycles. The minimum atomic E-state index is -1.47. The number of piperidine rings is 1. The van der Waals surface area contributed by atoms with Crippen LogP contribution in [-0.2, 0) is 42.3 Å². The fourth-order valence-electron chi connectivity index (χ4n) is 5.68. The first-order chi connectivity index (χ1) is 19.8. The number of likely N-dealkylation sites (tertiary alicyclic amines) is 1. The van der Waals surface area contributed by atoms with Gasteiger partial charge in [-0.25, -0.2) is 9.59 Å². The first kappa shape index (κ1) is 30.5. The van der Waals surface area contributed by atoms with Gasteiger partial charge >= 0.3 is 12.1 Å². The summed E-state index contributed by atoms with van der Waals surface area (Å²) in [5.74, 6) is -3.00. The number of nitrogens with zero attached hydrogens (tertiary/aromatic N) is 2. The maximum atomic E-state index is 14.0. The number of carbonyl (C=O) groups excluding carboxylic acids is 4. The molecule has 1 saturated heterocycles. The average molecular weight is 579 g/mol. The van der Waals surface area contributed by atoms with Crippen molar-refractivity contribution < 1.29 is 33.8 Å². The highest BCUT2D eigenvalue weighted by molar-refractivity contribution is 5.94. The Labute approximate surface area is 245 Å². The van der Waals surface area contributed by atoms with Crippen LogP contribution in [0.25, 0.3) is 0 Å². The summed E-state index contributed by atoms with van der Waals surface area (Å²) in [6.07, 6.45) is -0.345. The Hall–Kier alpha value is -4.41. The van der Waals surface area contributed by atoms with Gasteiger partial charge in [-0.2, -0.15) is 0 Å². The number of amides is 4. The quantitative estimate of drug-likeness (QED) is 0.455. The zero-order chi connectivity index (χ0) is 30.7. The van der Waals surface area contributed by atoms with Gasteiger partial charge in [0.2, 0.25) is 17.7 Å². The summed E-state index contributed by atoms with van der Waals surface area (Å²) in [5.41, 5.74) is 5.96. The van der Waals surface area contributed by atoms with Crippen molar-refractivity contribution in [3.63, 3.8) is 0 Å². The Bertz CT molecular complexity index is 1350. The predicted molar refractivity (Wildman–Crippen MR) is 153 cm³/mol. The van der Waals surface area contributed by atoms with E-state index in [-0.39, 0.29) is 38.4 Å². The molecule has 2 unspecified atom stereocenters. The number of carboxylic acids is 1. The van der Waals surface area contributed by atoms with Gasteiger partial charge in [-0.05, 0) is 50.3 Å². The summed E-state index contributed by atoms with van der Waals surface area (Å²) >= 11 is 0. The van der Waals surface area contributed by atoms with E-state index in [4.69, 9.17) is 10.5 Å². The summed E-state index contributed by atoms with van der Waals surface area (Å²) in [6.45, 7) is 5.97. The highest BCUT2D eigenvalue weighted by Crippen LogP contribution is 2.37. The third kappa shape index (κ3) is 6.72. The second kappa shape index (κ2) is 12.2. The van der Waals surface area contributed by atoms with Gasteiger partial charge in [0.25, 0.3) is 0 Å². The maximum absolute atomic E-state index is 14.0. The van der Waals surface area contributed by atoms with Crippen molar-refractivity contribution in [1.29, 1.82) is 0 Å². The van der Waals surface area contributed by atoms with Crippen LogP contribution in [-0.4, -0.2) is 75.5 Å². The number of hydrogen-bond acceptors (Lipinski definition) is 6. The lowest BCUT2D eigenvalue weighted by atomic mass is 9.71. The Balaban J connectivity index is 1.57. The van der Waals surface area contributed by atoms with Crippen LogP contribution < -0.4 is 11.1 Å². The molecule has 2 aliphatic rings. The van der Waals surface area contributed by atoms with Crippen molar-refractivity contribution in [2.75, 3.05) is 13.1 Å². The second-order valence-electron chi connectivity index (χ2n) is 11.9. The van der Waals surface area contributed by atoms with E-state index >= 15 is 0 Å². The number of fused-ring (bicyclic) bond motifs is 1. The summed E-state index contributed by atoms with van der Waals surface area (Å²) in [6, 6.07) is 14.4. The van der Waals surface area contributed by atoms with Gasteiger partial charge in [-0.3, -0.25) is 19.3 Å². The van der Waals surface area contributed by atoms with Crippen LogP contribution >= 0.6 is 0 Å². The van der Waals surface area contributed by atoms with Crippen LogP contribution in [0, 0.1) is 0 Å². The van der Waals surface area contributed by atoms with E-state index in [0.717, 1.165) is 11.1 Å². The SMILES string of the molecule is CC(C)(C)OC(=O)N1Cc2ccccc2CC1C(=O)N1CCC(C(=O)NC(CC(N)=O)C(=O)O)(c2ccccc2)CC1. The zero-order valence-electron chi connectivity index (χ0n) is 24.2. The minimum Gasteiger partial charge on any atom is -0.480 e. The summed E-state index contributed by atoms with van der Waals surface area (Å²) < 4.78 is 5.65. The second-order valence-corrected chi connectivity index (χ2v) is 11.9. The number of nitrogens with one attached hydrogen (secondary N) is 1. The van der Waals surface area contributed by atoms with E-state index in [0.29, 0.717) is 12.0 Å². The molecule has 2 aliphatic heterocycles. The van der Waals surface area contributed by atoms with Crippen molar-refractivity contribution >= 4 is 29.8 Å². The molecule has 4 N–H and O–H groups in total. The molecule has 0 aromatic heterocycles. The Morgan fingerprint density at radius 1 is 1.00 bits per heavy atom. The predicted octanol–water partition coefficient (Wildman–Crippen LogP) is 2.35. The molecule has 2 aromatic carbocycles. The standard InChI is InChI=1S/C31H38N4O7/c1-30(2,3)42-29(41)35-19-21-10-8-7-9-20(21)17-24(35)26(37)34-15-13-31(14-16-34,22-11-5-4-6-12-22)28(40)33-23(27(38)39)18-25(32)36/h4-12,23-24H,13-19H2,1-3H3,(H2,32,36)(H,33,40)(H,38,39). The van der Waals surface area contributed by atoms with Crippen molar-refractivity contribution in [3.05, 3.63) is 71.3 Å². The summed E-state index contributed by atoms with van der Waals surface area (Å²) in [7, 11) is 0. The largest absolute Gasteiger partial charge is 0.480 e. The van der Waals surface area contributed by atoms with Gasteiger partial charge in [0.1, 0.15) is 17.7 Å². The molecule has 0 aliphatic carbocycles. The third-order valence-electron chi connectivity index (χ3n) is 7.86. The molecular weight excluding hydrogens is 540 g/mol. The van der Waals surface area contributed by atoms with Crippen LogP contribution in [0.2, 0.25) is 0 Å². The normalized spacial score (nSPS) is 18.8. The number of primary amides is 1. The number of ether oxygens (including phenoxy) is 1. The fraction of sp³-hybridized carbons (Fsp3) is 0.452. The first-order valence-electron chi connectivity index (χ1n) is 14.0. The van der Waals surface area contributed by atoms with Gasteiger partial charge in [0.15, 0.2) is 0 Å². The van der Waals surface area contributed by atoms with Crippen molar-refractivity contribution in [2.24, 2.45) is 5.73 Å². The van der Waals surface area contributed by atoms with E-state index < -0.39 is 53.4 Å². The third-order valence-corrected chi connectivity index (χ3v) is 7.86. The molecule has 2 atom stereocenters. The average Bonchev–Trinajstić information content (AvgIpc) is 2.95. The van der Waals surface area contributed by atoms with Crippen LogP contribution in [0.3, 0.4) is 0 Å². The van der Waals surface area contributed by atoms with Gasteiger partial charge in [-0.15, -0.1) is 0 Å². The minimum absolute atomic E-state index is 0.203. The molecular formula is C31H38N4O7. The highest BCUT2D eigenvalue weighted by atomic mass is 16.6. The number of rotatable bonds is 7. The lowest BCUT2D eigenvalue weighted by Crippen LogP contribution is -2.59. The molecule has 224 valence electrons. The lowest BCUT2D eigenvalue weighted by Gasteiger charge is -2.44. The van der Waals surface area contributed by atoms with Crippen LogP contribution in [0.5, 0.6) is 0 Å². The number of carboxylic acid groups (broad SMARTS) is 1. The van der Waals surface area contributed by atoms with Gasteiger partial charge in [0, 0.05) is 19.5 Å². The molecule has 0 spiro atoms. The number of hydrogen-bond donors (Lipinski definition) is 3. The Kier molecular flexibility index (Phi) is 8.89. The van der Waals surface area contributed by atoms with Crippen LogP contribution in [0.1, 0.15) is 56.7 Å². The van der Waals surface area contributed by atoms with Crippen LogP contribution in [0.15, 0.2) is 54.6 Å². The fourth-order valence-corrected chi connectivity index (χ4v) is 5.68. The lowest BCUT2D eigenvalue weighted by molar-refractivity contribution is -0.145. The van der Waals surface area contributed by atoms with E-state index in [1.165, 1.54) is 4.90 Å². The molecule has 42 heavy (non-hydrogen) atoms. The zero-order valence-corrected chi connectivity index (χ0v) is 24.2. The van der Waals surface area contributed by atoms with E-state index in [1.54, 1.807) is 49.9 Å². The molecule has 11 nitrogen and oxygen atoms in total. The van der Waals surface area contributed by atoms with E-state index in [1.807, 2.05) is 30.3 Å². The van der Waals surface area contributed by atoms with Gasteiger partial charge < -0.3 is 25.8 Å². The molecule has 0 radical (unpaired) electrons.